The van der Waals surface area contributed by atoms with Crippen molar-refractivity contribution in [1.82, 2.24) is 6.15 Å². The van der Waals surface area contributed by atoms with Crippen molar-refractivity contribution in [3.05, 3.63) is 0 Å². The van der Waals surface area contributed by atoms with Gasteiger partial charge in [0.25, 0.3) is 0 Å². The SMILES string of the molecule is C.C.C.C.C.C.C.C.O.[NH4+]. The van der Waals surface area contributed by atoms with Gasteiger partial charge in [-0.3, -0.25) is 0 Å². The van der Waals surface area contributed by atoms with Gasteiger partial charge in [-0.1, -0.05) is 59.4 Å². The van der Waals surface area contributed by atoms with E-state index in [1.807, 2.05) is 0 Å². The summed E-state index contributed by atoms with van der Waals surface area (Å²) in [4.78, 5) is 0. The van der Waals surface area contributed by atoms with Crippen molar-refractivity contribution < 1.29 is 5.48 Å². The second-order valence-electron chi connectivity index (χ2n) is 0. The molecular weight excluding hydrogens is 126 g/mol. The molecule has 10 heavy (non-hydrogen) atoms. The van der Waals surface area contributed by atoms with Crippen LogP contribution >= 0.6 is 0 Å². The summed E-state index contributed by atoms with van der Waals surface area (Å²) in [5.74, 6) is 0. The lowest BCUT2D eigenvalue weighted by Gasteiger charge is -0.412. The van der Waals surface area contributed by atoms with Crippen molar-refractivity contribution in [1.29, 1.82) is 0 Å². The summed E-state index contributed by atoms with van der Waals surface area (Å²) < 4.78 is 0. The molecular formula is C8H38NO+. The van der Waals surface area contributed by atoms with E-state index in [0.29, 0.717) is 0 Å². The molecule has 0 aromatic heterocycles. The van der Waals surface area contributed by atoms with Crippen molar-refractivity contribution in [3.63, 3.8) is 0 Å². The Morgan fingerprint density at radius 3 is 0.300 bits per heavy atom. The molecule has 0 aromatic rings. The first kappa shape index (κ1) is 123000. The third-order valence-corrected chi connectivity index (χ3v) is 0. The molecule has 0 fully saturated rings. The van der Waals surface area contributed by atoms with Crippen LogP contribution < -0.4 is 6.15 Å². The minimum absolute atomic E-state index is 0. The van der Waals surface area contributed by atoms with E-state index in [4.69, 9.17) is 0 Å². The highest BCUT2D eigenvalue weighted by Gasteiger charge is -0.0705. The topological polar surface area (TPSA) is 68.0 Å². The van der Waals surface area contributed by atoms with E-state index < -0.39 is 0 Å². The third kappa shape index (κ3) is 59300. The van der Waals surface area contributed by atoms with Gasteiger partial charge in [-0.2, -0.15) is 0 Å². The monoisotopic (exact) mass is 164 g/mol. The zero-order valence-electron chi connectivity index (χ0n) is 1.50. The quantitative estimate of drug-likeness (QED) is 0.542. The van der Waals surface area contributed by atoms with E-state index in [9.17, 15) is 0 Å². The van der Waals surface area contributed by atoms with Crippen LogP contribution in [0.25, 0.3) is 0 Å². The van der Waals surface area contributed by atoms with Crippen molar-refractivity contribution in [3.8, 4) is 0 Å². The van der Waals surface area contributed by atoms with Crippen LogP contribution in [-0.4, -0.2) is 5.48 Å². The van der Waals surface area contributed by atoms with Gasteiger partial charge in [0, 0.05) is 0 Å². The fourth-order valence-corrected chi connectivity index (χ4v) is 0. The lowest BCUT2D eigenvalue weighted by molar-refractivity contribution is 0.824. The van der Waals surface area contributed by atoms with E-state index in [1.165, 1.54) is 0 Å². The average Bonchev–Trinajstić information content (AvgIpc) is 0. The Morgan fingerprint density at radius 2 is 0.300 bits per heavy atom. The summed E-state index contributed by atoms with van der Waals surface area (Å²) >= 11 is 0. The largest absolute Gasteiger partial charge is 0.412 e. The zero-order valence-corrected chi connectivity index (χ0v) is 1.50. The van der Waals surface area contributed by atoms with E-state index in [2.05, 4.69) is 0 Å². The van der Waals surface area contributed by atoms with Crippen molar-refractivity contribution in [2.75, 3.05) is 0 Å². The fraction of sp³-hybridized carbons (Fsp3) is 1.00. The summed E-state index contributed by atoms with van der Waals surface area (Å²) in [6.45, 7) is 0. The van der Waals surface area contributed by atoms with Gasteiger partial charge >= 0.3 is 0 Å². The van der Waals surface area contributed by atoms with Crippen LogP contribution in [0.2, 0.25) is 0 Å². The molecule has 0 aliphatic rings. The molecule has 0 radical (unpaired) electrons. The van der Waals surface area contributed by atoms with Crippen LogP contribution in [0.3, 0.4) is 0 Å². The van der Waals surface area contributed by atoms with Gasteiger partial charge in [0.15, 0.2) is 0 Å². The van der Waals surface area contributed by atoms with Gasteiger partial charge in [0.05, 0.1) is 0 Å². The molecule has 2 heteroatoms. The first-order valence-corrected chi connectivity index (χ1v) is 0. The molecule has 0 aliphatic carbocycles. The normalized spacial score (nSPS) is 0. The predicted octanol–water partition coefficient (Wildman–Crippen LogP) is 4.64. The number of hydrogen-bond acceptors (Lipinski definition) is 0. The molecule has 0 spiro atoms. The second kappa shape index (κ2) is 87400. The zero-order chi connectivity index (χ0) is 0. The van der Waals surface area contributed by atoms with Gasteiger partial charge < -0.3 is 11.6 Å². The Labute approximate surface area is 72.0 Å². The molecule has 0 heterocycles. The molecule has 2 nitrogen and oxygen atoms in total. The smallest absolute Gasteiger partial charge is 0.0776 e. The molecule has 0 amide bonds. The van der Waals surface area contributed by atoms with Crippen molar-refractivity contribution in [2.24, 2.45) is 0 Å². The lowest BCUT2D eigenvalue weighted by atomic mass is 12.0. The van der Waals surface area contributed by atoms with E-state index >= 15 is 0 Å². The highest BCUT2D eigenvalue weighted by molar-refractivity contribution is 2.51. The maximum absolute atomic E-state index is 0. The summed E-state index contributed by atoms with van der Waals surface area (Å²) in [5, 5.41) is 0. The molecule has 0 rings (SSSR count). The van der Waals surface area contributed by atoms with E-state index in [0.717, 1.165) is 0 Å². The number of quaternary nitrogens is 1. The van der Waals surface area contributed by atoms with Gasteiger partial charge in [0.2, 0.25) is 0 Å². The molecule has 80 valence electrons. The fourth-order valence-electron chi connectivity index (χ4n) is 0. The molecule has 0 aliphatic heterocycles. The molecule has 0 unspecified atom stereocenters. The Bertz CT molecular complexity index is 9.22. The van der Waals surface area contributed by atoms with Crippen molar-refractivity contribution in [2.45, 2.75) is 59.4 Å². The summed E-state index contributed by atoms with van der Waals surface area (Å²) in [6, 6.07) is 0. The van der Waals surface area contributed by atoms with Crippen LogP contribution in [0.4, 0.5) is 0 Å². The first-order valence-electron chi connectivity index (χ1n) is 0. The van der Waals surface area contributed by atoms with Crippen LogP contribution in [0, 0.1) is 0 Å². The standard InChI is InChI=1S/8CH4.H3N.H2O/h8*1H4;1H3;1H2/p+1. The highest BCUT2D eigenvalue weighted by atomic mass is 16.0. The molecule has 0 atom stereocenters. The molecule has 0 saturated carbocycles. The minimum Gasteiger partial charge on any atom is -0.412 e. The first-order chi connectivity index (χ1) is 0. The van der Waals surface area contributed by atoms with E-state index in [1.54, 1.807) is 0 Å². The third-order valence-electron chi connectivity index (χ3n) is 0. The van der Waals surface area contributed by atoms with Gasteiger partial charge in [0.1, 0.15) is 0 Å². The lowest BCUT2D eigenvalue weighted by Crippen LogP contribution is -0.481. The molecule has 0 aromatic carbocycles. The van der Waals surface area contributed by atoms with Crippen LogP contribution in [0.5, 0.6) is 0 Å². The maximum atomic E-state index is 0. The maximum Gasteiger partial charge on any atom is -0.0776 e. The highest BCUT2D eigenvalue weighted by Crippen LogP contribution is 0.151. The summed E-state index contributed by atoms with van der Waals surface area (Å²) in [5.41, 5.74) is 0. The van der Waals surface area contributed by atoms with Crippen molar-refractivity contribution >= 4 is 0 Å². The number of rotatable bonds is 0. The Balaban J connectivity index is 0. The summed E-state index contributed by atoms with van der Waals surface area (Å²) in [6.07, 6.45) is 0. The van der Waals surface area contributed by atoms with Crippen LogP contribution in [0.1, 0.15) is 59.4 Å². The Kier molecular flexibility index (Phi) is 1080000000. The second-order valence-corrected chi connectivity index (χ2v) is 0. The predicted molar refractivity (Wildman–Crippen MR) is 63.4 cm³/mol. The van der Waals surface area contributed by atoms with Crippen LogP contribution in [0.15, 0.2) is 0 Å². The minimum atomic E-state index is 0. The summed E-state index contributed by atoms with van der Waals surface area (Å²) in [7, 11) is 0. The molecule has 0 bridgehead atoms. The van der Waals surface area contributed by atoms with Gasteiger partial charge in [-0.25, -0.2) is 0 Å². The van der Waals surface area contributed by atoms with Gasteiger partial charge in [-0.05, 0) is 0 Å². The Hall–Kier alpha value is -0.0800. The average molecular weight is 164 g/mol. The Morgan fingerprint density at radius 1 is 0.300 bits per heavy atom. The molecule has 0 saturated heterocycles. The van der Waals surface area contributed by atoms with Gasteiger partial charge in [-0.15, -0.1) is 0 Å². The van der Waals surface area contributed by atoms with Crippen LogP contribution in [-0.2, 0) is 0 Å². The number of hydrogen-bond donors (Lipinski definition) is 1. The molecule has 6 N–H and O–H groups in total. The van der Waals surface area contributed by atoms with E-state index in [-0.39, 0.29) is 71.0 Å².